The molecule has 2 unspecified atom stereocenters. The standard InChI is InChI=1S/C32H32N2O2.C2H6/c1-4-21(2)19-33-20-22(3)32-25-9-6-10-27(16-25)36-14-13-23-7-5-8-24(15-23)28-18-31(35)34-30-12-11-26(32)17-29(28)30;1-2/h5-12,15-21,32H,4,13-14H2,1-3H3,(H,34,35);1-2H3/b22-20+,33-19?;. The summed E-state index contributed by atoms with van der Waals surface area (Å²) in [5.41, 5.74) is 7.35. The van der Waals surface area contributed by atoms with E-state index in [-0.39, 0.29) is 11.5 Å². The highest BCUT2D eigenvalue weighted by Crippen LogP contribution is 2.37. The number of pyridine rings is 1. The molecule has 6 bridgehead atoms. The summed E-state index contributed by atoms with van der Waals surface area (Å²) in [6.07, 6.45) is 5.85. The molecular weight excluding hydrogens is 468 g/mol. The first kappa shape index (κ1) is 27.1. The van der Waals surface area contributed by atoms with E-state index in [1.807, 2.05) is 38.4 Å². The predicted molar refractivity (Wildman–Crippen MR) is 161 cm³/mol. The summed E-state index contributed by atoms with van der Waals surface area (Å²) in [5, 5.41) is 1.04. The number of aromatic nitrogens is 1. The van der Waals surface area contributed by atoms with Crippen LogP contribution in [0.25, 0.3) is 22.0 Å². The Morgan fingerprint density at radius 3 is 2.66 bits per heavy atom. The number of H-pyrrole nitrogens is 1. The fourth-order valence-electron chi connectivity index (χ4n) is 4.86. The fraction of sp³-hybridized carbons (Fsp3) is 0.294. The highest BCUT2D eigenvalue weighted by atomic mass is 16.5. The van der Waals surface area contributed by atoms with E-state index >= 15 is 0 Å². The Morgan fingerprint density at radius 2 is 1.84 bits per heavy atom. The number of aliphatic imine (C=N–C) groups is 1. The van der Waals surface area contributed by atoms with Crippen molar-refractivity contribution in [2.45, 2.75) is 53.4 Å². The summed E-state index contributed by atoms with van der Waals surface area (Å²) in [6, 6.07) is 24.8. The van der Waals surface area contributed by atoms with Gasteiger partial charge in [-0.2, -0.15) is 0 Å². The van der Waals surface area contributed by atoms with Gasteiger partial charge in [0.05, 0.1) is 6.61 Å². The first-order chi connectivity index (χ1) is 18.5. The van der Waals surface area contributed by atoms with Crippen LogP contribution in [0.2, 0.25) is 0 Å². The number of benzene rings is 3. The van der Waals surface area contributed by atoms with Gasteiger partial charge in [-0.05, 0) is 76.9 Å². The molecule has 2 heterocycles. The zero-order valence-electron chi connectivity index (χ0n) is 23.1. The highest BCUT2D eigenvalue weighted by molar-refractivity contribution is 5.95. The van der Waals surface area contributed by atoms with Crippen LogP contribution in [0.15, 0.2) is 94.4 Å². The second-order valence-electron chi connectivity index (χ2n) is 9.71. The molecule has 4 heteroatoms. The summed E-state index contributed by atoms with van der Waals surface area (Å²) in [6.45, 7) is 11.1. The van der Waals surface area contributed by atoms with Crippen LogP contribution < -0.4 is 10.3 Å². The van der Waals surface area contributed by atoms with Crippen molar-refractivity contribution in [2.24, 2.45) is 10.9 Å². The van der Waals surface area contributed by atoms with Crippen LogP contribution in [0.1, 0.15) is 63.6 Å². The van der Waals surface area contributed by atoms with Crippen molar-refractivity contribution in [1.29, 1.82) is 0 Å². The maximum Gasteiger partial charge on any atom is 0.249 e. The molecule has 1 aliphatic rings. The molecule has 0 saturated carbocycles. The molecule has 0 amide bonds. The summed E-state index contributed by atoms with van der Waals surface area (Å²) in [7, 11) is 0. The van der Waals surface area contributed by atoms with E-state index < -0.39 is 0 Å². The Labute approximate surface area is 226 Å². The highest BCUT2D eigenvalue weighted by Gasteiger charge is 2.19. The Hall–Kier alpha value is -3.92. The van der Waals surface area contributed by atoms with E-state index in [1.165, 1.54) is 5.56 Å². The molecule has 3 aromatic carbocycles. The lowest BCUT2D eigenvalue weighted by atomic mass is 9.84. The third-order valence-corrected chi connectivity index (χ3v) is 7.01. The number of aromatic amines is 1. The van der Waals surface area contributed by atoms with Crippen LogP contribution in [0.3, 0.4) is 0 Å². The zero-order chi connectivity index (χ0) is 27.1. The monoisotopic (exact) mass is 506 g/mol. The molecule has 1 aromatic heterocycles. The third-order valence-electron chi connectivity index (χ3n) is 7.01. The SMILES string of the molecule is CC.CCC(C)C=N/C=C(\C)C1c2cccc(c2)OCCc2cccc(c2)-c2cc(=O)[nH]c3ccc1cc23. The van der Waals surface area contributed by atoms with Crippen molar-refractivity contribution in [1.82, 2.24) is 4.98 Å². The van der Waals surface area contributed by atoms with Crippen molar-refractivity contribution in [3.8, 4) is 16.9 Å². The quantitative estimate of drug-likeness (QED) is 0.283. The van der Waals surface area contributed by atoms with E-state index in [0.717, 1.165) is 57.3 Å². The van der Waals surface area contributed by atoms with E-state index in [9.17, 15) is 4.79 Å². The van der Waals surface area contributed by atoms with Crippen molar-refractivity contribution in [3.63, 3.8) is 0 Å². The number of rotatable bonds is 4. The third kappa shape index (κ3) is 6.13. The van der Waals surface area contributed by atoms with Gasteiger partial charge in [-0.25, -0.2) is 0 Å². The number of hydrogen-bond acceptors (Lipinski definition) is 3. The van der Waals surface area contributed by atoms with Gasteiger partial charge >= 0.3 is 0 Å². The van der Waals surface area contributed by atoms with Crippen LogP contribution in [-0.2, 0) is 6.42 Å². The maximum absolute atomic E-state index is 12.5. The normalized spacial score (nSPS) is 15.9. The largest absolute Gasteiger partial charge is 0.493 e. The minimum absolute atomic E-state index is 0.00101. The first-order valence-corrected chi connectivity index (χ1v) is 13.7. The molecule has 0 aliphatic carbocycles. The lowest BCUT2D eigenvalue weighted by molar-refractivity contribution is 0.321. The molecule has 4 nitrogen and oxygen atoms in total. The molecule has 1 N–H and O–H groups in total. The second-order valence-corrected chi connectivity index (χ2v) is 9.71. The van der Waals surface area contributed by atoms with E-state index in [4.69, 9.17) is 4.74 Å². The number of fused-ring (bicyclic) bond motifs is 6. The van der Waals surface area contributed by atoms with Gasteiger partial charge in [0.1, 0.15) is 5.75 Å². The molecule has 196 valence electrons. The molecule has 0 fully saturated rings. The molecular formula is C34H38N2O2. The van der Waals surface area contributed by atoms with Crippen molar-refractivity contribution >= 4 is 17.1 Å². The topological polar surface area (TPSA) is 54.4 Å². The smallest absolute Gasteiger partial charge is 0.249 e. The van der Waals surface area contributed by atoms with Crippen molar-refractivity contribution < 1.29 is 4.74 Å². The van der Waals surface area contributed by atoms with Crippen molar-refractivity contribution in [2.75, 3.05) is 6.61 Å². The van der Waals surface area contributed by atoms with Crippen LogP contribution in [0, 0.1) is 5.92 Å². The Kier molecular flexibility index (Phi) is 8.96. The number of hydrogen-bond donors (Lipinski definition) is 1. The molecule has 5 rings (SSSR count). The molecule has 0 radical (unpaired) electrons. The zero-order valence-corrected chi connectivity index (χ0v) is 23.1. The number of nitrogens with one attached hydrogen (secondary N) is 1. The first-order valence-electron chi connectivity index (χ1n) is 13.7. The minimum Gasteiger partial charge on any atom is -0.493 e. The fourth-order valence-corrected chi connectivity index (χ4v) is 4.86. The van der Waals surface area contributed by atoms with Crippen LogP contribution in [-0.4, -0.2) is 17.8 Å². The molecule has 2 atom stereocenters. The summed E-state index contributed by atoms with van der Waals surface area (Å²) in [4.78, 5) is 20.2. The minimum atomic E-state index is -0.0974. The van der Waals surface area contributed by atoms with Gasteiger partial charge in [0, 0.05) is 41.7 Å². The van der Waals surface area contributed by atoms with Gasteiger partial charge in [-0.15, -0.1) is 0 Å². The molecule has 38 heavy (non-hydrogen) atoms. The maximum atomic E-state index is 12.5. The second kappa shape index (κ2) is 12.6. The van der Waals surface area contributed by atoms with Crippen LogP contribution >= 0.6 is 0 Å². The summed E-state index contributed by atoms with van der Waals surface area (Å²) < 4.78 is 6.17. The number of allylic oxidation sites excluding steroid dienone is 1. The van der Waals surface area contributed by atoms with Crippen molar-refractivity contribution in [3.05, 3.63) is 112 Å². The van der Waals surface area contributed by atoms with E-state index in [2.05, 4.69) is 85.3 Å². The average Bonchev–Trinajstić information content (AvgIpc) is 2.94. The molecule has 0 spiro atoms. The Bertz CT molecular complexity index is 1510. The molecule has 4 aromatic rings. The van der Waals surface area contributed by atoms with Gasteiger partial charge in [-0.3, -0.25) is 9.79 Å². The van der Waals surface area contributed by atoms with Crippen LogP contribution in [0.4, 0.5) is 0 Å². The van der Waals surface area contributed by atoms with Crippen LogP contribution in [0.5, 0.6) is 5.75 Å². The predicted octanol–water partition coefficient (Wildman–Crippen LogP) is 8.31. The number of nitrogens with zero attached hydrogens (tertiary/aromatic N) is 1. The van der Waals surface area contributed by atoms with Gasteiger partial charge in [0.25, 0.3) is 0 Å². The Morgan fingerprint density at radius 1 is 1.05 bits per heavy atom. The van der Waals surface area contributed by atoms with Gasteiger partial charge in [-0.1, -0.05) is 70.2 Å². The lowest BCUT2D eigenvalue weighted by Gasteiger charge is -2.21. The van der Waals surface area contributed by atoms with Gasteiger partial charge < -0.3 is 9.72 Å². The summed E-state index contributed by atoms with van der Waals surface area (Å²) >= 11 is 0. The molecule has 1 aliphatic heterocycles. The average molecular weight is 507 g/mol. The number of ether oxygens (including phenoxy) is 1. The van der Waals surface area contributed by atoms with Gasteiger partial charge in [0.2, 0.25) is 5.56 Å². The molecule has 0 saturated heterocycles. The van der Waals surface area contributed by atoms with E-state index in [0.29, 0.717) is 12.5 Å². The van der Waals surface area contributed by atoms with E-state index in [1.54, 1.807) is 6.07 Å². The lowest BCUT2D eigenvalue weighted by Crippen LogP contribution is -2.08. The Balaban J connectivity index is 0.00000164. The summed E-state index contributed by atoms with van der Waals surface area (Å²) in [5.74, 6) is 1.30. The van der Waals surface area contributed by atoms with Gasteiger partial charge in [0.15, 0.2) is 0 Å².